The van der Waals surface area contributed by atoms with Gasteiger partial charge in [-0.1, -0.05) is 6.07 Å². The van der Waals surface area contributed by atoms with Crippen LogP contribution in [0.1, 0.15) is 47.8 Å². The van der Waals surface area contributed by atoms with E-state index < -0.39 is 0 Å². The molecule has 0 saturated carbocycles. The van der Waals surface area contributed by atoms with Gasteiger partial charge >= 0.3 is 0 Å². The Morgan fingerprint density at radius 3 is 2.92 bits per heavy atom. The normalized spacial score (nSPS) is 17.6. The van der Waals surface area contributed by atoms with Gasteiger partial charge in [-0.05, 0) is 76.0 Å². The summed E-state index contributed by atoms with van der Waals surface area (Å²) in [6.45, 7) is 5.10. The number of pyridine rings is 2. The minimum absolute atomic E-state index is 0.00389. The predicted octanol–water partition coefficient (Wildman–Crippen LogP) is 3.43. The van der Waals surface area contributed by atoms with Crippen molar-refractivity contribution in [2.24, 2.45) is 0 Å². The fourth-order valence-electron chi connectivity index (χ4n) is 3.44. The average molecular weight is 338 g/mol. The topological polar surface area (TPSA) is 58.1 Å². The summed E-state index contributed by atoms with van der Waals surface area (Å²) in [5.41, 5.74) is 4.31. The first kappa shape index (κ1) is 17.5. The van der Waals surface area contributed by atoms with E-state index in [1.165, 1.54) is 12.0 Å². The van der Waals surface area contributed by atoms with E-state index >= 15 is 0 Å². The molecule has 1 amide bonds. The molecule has 5 nitrogen and oxygen atoms in total. The number of hydrogen-bond acceptors (Lipinski definition) is 4. The molecule has 2 aromatic rings. The minimum atomic E-state index is -0.00389. The molecule has 0 bridgehead atoms. The number of carbonyl (C=O) groups excluding carboxylic acids is 1. The maximum Gasteiger partial charge on any atom is 0.225 e. The number of aryl methyl sites for hydroxylation is 3. The third-order valence-electron chi connectivity index (χ3n) is 4.80. The van der Waals surface area contributed by atoms with Crippen molar-refractivity contribution in [1.82, 2.24) is 14.9 Å². The van der Waals surface area contributed by atoms with Gasteiger partial charge in [0.1, 0.15) is 5.82 Å². The molecule has 3 rings (SSSR count). The van der Waals surface area contributed by atoms with E-state index in [9.17, 15) is 4.79 Å². The fraction of sp³-hybridized carbons (Fsp3) is 0.450. The lowest BCUT2D eigenvalue weighted by Crippen LogP contribution is -2.19. The number of likely N-dealkylation sites (tertiary alicyclic amines) is 1. The van der Waals surface area contributed by atoms with Gasteiger partial charge in [0.25, 0.3) is 0 Å². The maximum atomic E-state index is 12.2. The summed E-state index contributed by atoms with van der Waals surface area (Å²) in [7, 11) is 2.16. The first-order valence-corrected chi connectivity index (χ1v) is 8.92. The van der Waals surface area contributed by atoms with Crippen LogP contribution < -0.4 is 5.32 Å². The van der Waals surface area contributed by atoms with E-state index in [0.717, 1.165) is 29.9 Å². The zero-order valence-electron chi connectivity index (χ0n) is 15.2. The molecule has 1 saturated heterocycles. The van der Waals surface area contributed by atoms with Crippen LogP contribution in [-0.4, -0.2) is 34.4 Å². The largest absolute Gasteiger partial charge is 0.310 e. The Labute approximate surface area is 149 Å². The smallest absolute Gasteiger partial charge is 0.225 e. The highest BCUT2D eigenvalue weighted by molar-refractivity contribution is 5.90. The quantitative estimate of drug-likeness (QED) is 0.907. The van der Waals surface area contributed by atoms with Gasteiger partial charge in [-0.25, -0.2) is 4.98 Å². The molecule has 25 heavy (non-hydrogen) atoms. The number of carbonyl (C=O) groups is 1. The molecule has 2 aromatic heterocycles. The molecule has 5 heteroatoms. The highest BCUT2D eigenvalue weighted by Crippen LogP contribution is 2.29. The average Bonchev–Trinajstić information content (AvgIpc) is 3.01. The summed E-state index contributed by atoms with van der Waals surface area (Å²) in [6, 6.07) is 8.46. The minimum Gasteiger partial charge on any atom is -0.310 e. The maximum absolute atomic E-state index is 12.2. The van der Waals surface area contributed by atoms with E-state index in [4.69, 9.17) is 4.98 Å². The van der Waals surface area contributed by atoms with Crippen molar-refractivity contribution >= 4 is 11.7 Å². The highest BCUT2D eigenvalue weighted by atomic mass is 16.1. The molecule has 3 heterocycles. The molecule has 1 aliphatic heterocycles. The van der Waals surface area contributed by atoms with Gasteiger partial charge in [0.2, 0.25) is 5.91 Å². The number of nitrogens with zero attached hydrogens (tertiary/aromatic N) is 3. The van der Waals surface area contributed by atoms with E-state index in [1.54, 1.807) is 6.20 Å². The first-order valence-electron chi connectivity index (χ1n) is 8.92. The number of aromatic nitrogens is 2. The van der Waals surface area contributed by atoms with Gasteiger partial charge in [0.15, 0.2) is 0 Å². The number of amides is 1. The summed E-state index contributed by atoms with van der Waals surface area (Å²) < 4.78 is 0. The van der Waals surface area contributed by atoms with Crippen molar-refractivity contribution in [2.75, 3.05) is 18.9 Å². The molecular weight excluding hydrogens is 312 g/mol. The van der Waals surface area contributed by atoms with E-state index in [-0.39, 0.29) is 5.91 Å². The van der Waals surface area contributed by atoms with Gasteiger partial charge in [-0.3, -0.25) is 14.7 Å². The second-order valence-corrected chi connectivity index (χ2v) is 6.90. The van der Waals surface area contributed by atoms with Crippen LogP contribution in [0.25, 0.3) is 0 Å². The molecule has 0 aliphatic carbocycles. The second-order valence-electron chi connectivity index (χ2n) is 6.90. The number of rotatable bonds is 5. The Bertz CT molecular complexity index is 759. The Balaban J connectivity index is 1.64. The molecule has 1 aliphatic rings. The standard InChI is InChI=1S/C20H26N4O/c1-14-6-4-10-21-20(14)23-19(25)9-8-16-12-15(2)22-17(13-16)18-7-5-11-24(18)3/h4,6,10,12-13,18H,5,7-9,11H2,1-3H3,(H,21,23,25)/t18-/m0/s1. The van der Waals surface area contributed by atoms with E-state index in [2.05, 4.69) is 34.4 Å². The van der Waals surface area contributed by atoms with Gasteiger partial charge in [-0.15, -0.1) is 0 Å². The fourth-order valence-corrected chi connectivity index (χ4v) is 3.44. The molecule has 132 valence electrons. The molecule has 0 spiro atoms. The summed E-state index contributed by atoms with van der Waals surface area (Å²) in [5.74, 6) is 0.641. The van der Waals surface area contributed by atoms with Crippen molar-refractivity contribution in [1.29, 1.82) is 0 Å². The van der Waals surface area contributed by atoms with Crippen LogP contribution in [0.3, 0.4) is 0 Å². The summed E-state index contributed by atoms with van der Waals surface area (Å²) in [4.78, 5) is 23.5. The highest BCUT2D eigenvalue weighted by Gasteiger charge is 2.24. The number of hydrogen-bond donors (Lipinski definition) is 1. The molecule has 1 atom stereocenters. The van der Waals surface area contributed by atoms with Gasteiger partial charge in [0, 0.05) is 18.3 Å². The predicted molar refractivity (Wildman–Crippen MR) is 99.5 cm³/mol. The summed E-state index contributed by atoms with van der Waals surface area (Å²) in [5, 5.41) is 2.90. The second kappa shape index (κ2) is 7.74. The third kappa shape index (κ3) is 4.42. The van der Waals surface area contributed by atoms with Crippen LogP contribution in [0, 0.1) is 13.8 Å². The molecule has 0 radical (unpaired) electrons. The number of anilines is 1. The van der Waals surface area contributed by atoms with Crippen molar-refractivity contribution in [3.8, 4) is 0 Å². The van der Waals surface area contributed by atoms with Crippen LogP contribution >= 0.6 is 0 Å². The number of nitrogens with one attached hydrogen (secondary N) is 1. The molecule has 0 aromatic carbocycles. The van der Waals surface area contributed by atoms with Crippen LogP contribution in [0.15, 0.2) is 30.5 Å². The van der Waals surface area contributed by atoms with Crippen molar-refractivity contribution in [2.45, 2.75) is 45.6 Å². The Hall–Kier alpha value is -2.27. The van der Waals surface area contributed by atoms with Gasteiger partial charge < -0.3 is 5.32 Å². The van der Waals surface area contributed by atoms with E-state index in [1.807, 2.05) is 26.0 Å². The summed E-state index contributed by atoms with van der Waals surface area (Å²) >= 11 is 0. The Morgan fingerprint density at radius 1 is 1.36 bits per heavy atom. The van der Waals surface area contributed by atoms with Crippen LogP contribution in [0.2, 0.25) is 0 Å². The lowest BCUT2D eigenvalue weighted by Gasteiger charge is -2.20. The Kier molecular flexibility index (Phi) is 5.43. The SMILES string of the molecule is Cc1cc(CCC(=O)Nc2ncccc2C)cc([C@@H]2CCCN2C)n1. The van der Waals surface area contributed by atoms with Crippen LogP contribution in [0.4, 0.5) is 5.82 Å². The van der Waals surface area contributed by atoms with Crippen molar-refractivity contribution in [3.05, 3.63) is 53.0 Å². The van der Waals surface area contributed by atoms with Crippen molar-refractivity contribution in [3.63, 3.8) is 0 Å². The van der Waals surface area contributed by atoms with Crippen LogP contribution in [0.5, 0.6) is 0 Å². The Morgan fingerprint density at radius 2 is 2.20 bits per heavy atom. The molecular formula is C20H26N4O. The monoisotopic (exact) mass is 338 g/mol. The van der Waals surface area contributed by atoms with E-state index in [0.29, 0.717) is 24.7 Å². The molecule has 1 fully saturated rings. The lowest BCUT2D eigenvalue weighted by molar-refractivity contribution is -0.116. The van der Waals surface area contributed by atoms with Crippen LogP contribution in [-0.2, 0) is 11.2 Å². The summed E-state index contributed by atoms with van der Waals surface area (Å²) in [6.07, 6.45) is 5.23. The van der Waals surface area contributed by atoms with Crippen molar-refractivity contribution < 1.29 is 4.79 Å². The third-order valence-corrected chi connectivity index (χ3v) is 4.80. The first-order chi connectivity index (χ1) is 12.0. The molecule has 0 unspecified atom stereocenters. The lowest BCUT2D eigenvalue weighted by atomic mass is 10.0. The zero-order valence-corrected chi connectivity index (χ0v) is 15.2. The zero-order chi connectivity index (χ0) is 17.8. The van der Waals surface area contributed by atoms with Gasteiger partial charge in [0.05, 0.1) is 11.7 Å². The van der Waals surface area contributed by atoms with Gasteiger partial charge in [-0.2, -0.15) is 0 Å². The molecule has 1 N–H and O–H groups in total.